The van der Waals surface area contributed by atoms with E-state index in [4.69, 9.17) is 4.74 Å². The second kappa shape index (κ2) is 14.6. The predicted molar refractivity (Wildman–Crippen MR) is 280 cm³/mol. The zero-order valence-electron chi connectivity index (χ0n) is 35.7. The van der Waals surface area contributed by atoms with Crippen molar-refractivity contribution in [3.05, 3.63) is 231 Å². The van der Waals surface area contributed by atoms with Crippen LogP contribution in [0, 0.1) is 0 Å². The van der Waals surface area contributed by atoms with Gasteiger partial charge in [0.15, 0.2) is 0 Å². The lowest BCUT2D eigenvalue weighted by atomic mass is 9.34. The van der Waals surface area contributed by atoms with E-state index in [9.17, 15) is 0 Å². The van der Waals surface area contributed by atoms with Gasteiger partial charge in [-0.05, 0) is 119 Å². The Balaban J connectivity index is 0.980. The summed E-state index contributed by atoms with van der Waals surface area (Å²) in [5.41, 5.74) is 16.1. The Hall–Kier alpha value is -8.32. The van der Waals surface area contributed by atoms with E-state index in [0.717, 1.165) is 56.8 Å². The number of thiophene rings is 1. The van der Waals surface area contributed by atoms with E-state index in [1.165, 1.54) is 64.0 Å². The van der Waals surface area contributed by atoms with Crippen molar-refractivity contribution in [2.24, 2.45) is 0 Å². The van der Waals surface area contributed by atoms with Crippen LogP contribution in [0.1, 0.15) is 0 Å². The predicted octanol–water partition coefficient (Wildman–Crippen LogP) is 14.7. The molecule has 308 valence electrons. The zero-order valence-corrected chi connectivity index (χ0v) is 36.5. The highest BCUT2D eigenvalue weighted by molar-refractivity contribution is 7.25. The first kappa shape index (κ1) is 37.1. The molecule has 4 heterocycles. The minimum absolute atomic E-state index is 0.0701. The summed E-state index contributed by atoms with van der Waals surface area (Å²) in [5.74, 6) is 1.74. The number of hydrogen-bond donors (Lipinski definition) is 0. The molecule has 12 aromatic rings. The van der Waals surface area contributed by atoms with Crippen LogP contribution in [0.25, 0.3) is 58.8 Å². The fraction of sp³-hybridized carbons (Fsp3) is 0. The first-order chi connectivity index (χ1) is 32.7. The molecule has 66 heavy (non-hydrogen) atoms. The molecule has 2 aromatic heterocycles. The Labute approximate surface area is 386 Å². The number of benzene rings is 10. The van der Waals surface area contributed by atoms with Gasteiger partial charge in [0, 0.05) is 76.8 Å². The van der Waals surface area contributed by atoms with Crippen molar-refractivity contribution in [1.82, 2.24) is 4.57 Å². The maximum atomic E-state index is 7.14. The van der Waals surface area contributed by atoms with E-state index in [0.29, 0.717) is 0 Å². The molecule has 0 radical (unpaired) electrons. The molecule has 0 amide bonds. The molecular formula is C60H38BN3OS. The third kappa shape index (κ3) is 5.65. The van der Waals surface area contributed by atoms with Crippen molar-refractivity contribution in [3.8, 4) is 28.3 Å². The van der Waals surface area contributed by atoms with Crippen LogP contribution in [0.3, 0.4) is 0 Å². The van der Waals surface area contributed by atoms with Gasteiger partial charge in [0.05, 0.1) is 11.0 Å². The van der Waals surface area contributed by atoms with Gasteiger partial charge < -0.3 is 19.1 Å². The van der Waals surface area contributed by atoms with E-state index in [-0.39, 0.29) is 6.71 Å². The van der Waals surface area contributed by atoms with Crippen molar-refractivity contribution in [3.63, 3.8) is 0 Å². The first-order valence-corrected chi connectivity index (χ1v) is 23.3. The molecule has 14 rings (SSSR count). The molecule has 0 saturated carbocycles. The number of hydrogen-bond acceptors (Lipinski definition) is 4. The Morgan fingerprint density at radius 1 is 0.394 bits per heavy atom. The third-order valence-electron chi connectivity index (χ3n) is 13.6. The largest absolute Gasteiger partial charge is 0.458 e. The monoisotopic (exact) mass is 859 g/mol. The van der Waals surface area contributed by atoms with Crippen molar-refractivity contribution < 1.29 is 4.74 Å². The summed E-state index contributed by atoms with van der Waals surface area (Å²) < 4.78 is 12.1. The van der Waals surface area contributed by atoms with Gasteiger partial charge in [-0.3, -0.25) is 0 Å². The van der Waals surface area contributed by atoms with Gasteiger partial charge in [-0.2, -0.15) is 0 Å². The average molecular weight is 860 g/mol. The van der Waals surface area contributed by atoms with E-state index in [2.05, 4.69) is 245 Å². The van der Waals surface area contributed by atoms with Gasteiger partial charge in [-0.25, -0.2) is 0 Å². The first-order valence-electron chi connectivity index (χ1n) is 22.5. The minimum atomic E-state index is -0.0701. The highest BCUT2D eigenvalue weighted by Crippen LogP contribution is 2.46. The molecule has 0 atom stereocenters. The maximum Gasteiger partial charge on any atom is 0.256 e. The molecule has 6 heteroatoms. The number of rotatable bonds is 6. The van der Waals surface area contributed by atoms with Gasteiger partial charge in [0.25, 0.3) is 6.71 Å². The minimum Gasteiger partial charge on any atom is -0.458 e. The summed E-state index contributed by atoms with van der Waals surface area (Å²) in [6, 6.07) is 83.8. The van der Waals surface area contributed by atoms with Crippen LogP contribution in [0.15, 0.2) is 231 Å². The Bertz CT molecular complexity index is 3860. The average Bonchev–Trinajstić information content (AvgIpc) is 3.92. The number of ether oxygens (including phenoxy) is 1. The summed E-state index contributed by atoms with van der Waals surface area (Å²) in [6.07, 6.45) is 0. The number of anilines is 6. The van der Waals surface area contributed by atoms with E-state index >= 15 is 0 Å². The summed E-state index contributed by atoms with van der Waals surface area (Å²) in [5, 5.41) is 5.00. The molecule has 0 aliphatic carbocycles. The van der Waals surface area contributed by atoms with Gasteiger partial charge in [0.1, 0.15) is 11.5 Å². The van der Waals surface area contributed by atoms with Crippen LogP contribution in [0.2, 0.25) is 0 Å². The van der Waals surface area contributed by atoms with Crippen molar-refractivity contribution in [2.45, 2.75) is 0 Å². The van der Waals surface area contributed by atoms with Crippen molar-refractivity contribution >= 4 is 111 Å². The Kier molecular flexibility index (Phi) is 8.21. The molecule has 4 nitrogen and oxygen atoms in total. The second-order valence-corrected chi connectivity index (χ2v) is 18.3. The highest BCUT2D eigenvalue weighted by Gasteiger charge is 2.42. The molecule has 0 fully saturated rings. The molecule has 0 saturated heterocycles. The Morgan fingerprint density at radius 3 is 1.86 bits per heavy atom. The van der Waals surface area contributed by atoms with Gasteiger partial charge in [-0.15, -0.1) is 11.3 Å². The lowest BCUT2D eigenvalue weighted by Gasteiger charge is -2.40. The molecule has 0 N–H and O–H groups in total. The smallest absolute Gasteiger partial charge is 0.256 e. The molecule has 2 aliphatic rings. The molecule has 10 aromatic carbocycles. The number of aromatic nitrogens is 1. The van der Waals surface area contributed by atoms with Gasteiger partial charge >= 0.3 is 0 Å². The van der Waals surface area contributed by atoms with Crippen LogP contribution in [0.5, 0.6) is 11.5 Å². The molecule has 0 bridgehead atoms. The normalized spacial score (nSPS) is 12.6. The fourth-order valence-electron chi connectivity index (χ4n) is 10.7. The number of para-hydroxylation sites is 3. The summed E-state index contributed by atoms with van der Waals surface area (Å²) in [6.45, 7) is -0.0701. The quantitative estimate of drug-likeness (QED) is 0.155. The SMILES string of the molecule is c1ccc(-c2ccc(N(c3ccc4c(c3)Oc3cccc5c3B4c3cc4c6ccccc6n(-c6ccccc6)c4cc3N5c3ccccc3)c3ccc4sc5ccccc5c4c3)cc2)cc1. The summed E-state index contributed by atoms with van der Waals surface area (Å²) in [7, 11) is 0. The number of nitrogens with zero attached hydrogens (tertiary/aromatic N) is 3. The highest BCUT2D eigenvalue weighted by atomic mass is 32.1. The second-order valence-electron chi connectivity index (χ2n) is 17.3. The Morgan fingerprint density at radius 2 is 1.05 bits per heavy atom. The van der Waals surface area contributed by atoms with E-state index < -0.39 is 0 Å². The van der Waals surface area contributed by atoms with Crippen LogP contribution in [-0.4, -0.2) is 11.3 Å². The van der Waals surface area contributed by atoms with Crippen LogP contribution >= 0.6 is 11.3 Å². The van der Waals surface area contributed by atoms with Crippen LogP contribution < -0.4 is 30.9 Å². The van der Waals surface area contributed by atoms with Gasteiger partial charge in [-0.1, -0.05) is 133 Å². The maximum absolute atomic E-state index is 7.14. The van der Waals surface area contributed by atoms with Crippen LogP contribution in [-0.2, 0) is 0 Å². The van der Waals surface area contributed by atoms with Crippen LogP contribution in [0.4, 0.5) is 34.1 Å². The lowest BCUT2D eigenvalue weighted by Crippen LogP contribution is -2.59. The summed E-state index contributed by atoms with van der Waals surface area (Å²) >= 11 is 1.85. The third-order valence-corrected chi connectivity index (χ3v) is 14.8. The molecule has 0 spiro atoms. The molecular weight excluding hydrogens is 822 g/mol. The molecule has 2 aliphatic heterocycles. The van der Waals surface area contributed by atoms with Gasteiger partial charge in [0.2, 0.25) is 0 Å². The zero-order chi connectivity index (χ0) is 43.3. The summed E-state index contributed by atoms with van der Waals surface area (Å²) in [4.78, 5) is 4.81. The van der Waals surface area contributed by atoms with E-state index in [1.807, 2.05) is 11.3 Å². The fourth-order valence-corrected chi connectivity index (χ4v) is 11.8. The standard InChI is InChI=1S/C60H38BN3OS/c1-4-15-39(16-5-1)40-27-29-43(30-28-40)62(44-32-34-59-49(35-44)47-22-11-13-26-58(47)66-59)45-31-33-50-57(36-45)65-56-25-14-24-53-60(56)61(50)51-37-48-46-21-10-12-23-52(46)63(41-17-6-2-7-18-41)54(48)38-55(51)64(53)42-19-8-3-9-20-42/h1-38H. The lowest BCUT2D eigenvalue weighted by molar-refractivity contribution is 0.487. The number of fused-ring (bicyclic) bond motifs is 10. The van der Waals surface area contributed by atoms with E-state index in [1.54, 1.807) is 0 Å². The molecule has 0 unspecified atom stereocenters. The van der Waals surface area contributed by atoms with Crippen molar-refractivity contribution in [1.29, 1.82) is 0 Å². The topological polar surface area (TPSA) is 20.6 Å². The van der Waals surface area contributed by atoms with Crippen molar-refractivity contribution in [2.75, 3.05) is 9.80 Å².